The first-order valence-corrected chi connectivity index (χ1v) is 36.3. The Balaban J connectivity index is 0.000000156. The zero-order valence-electron chi connectivity index (χ0n) is 63.4. The number of ether oxygens (including phenoxy) is 6. The molecule has 572 valence electrons. The molecule has 1 aliphatic heterocycles. The minimum absolute atomic E-state index is 0. The van der Waals surface area contributed by atoms with Crippen molar-refractivity contribution in [3.63, 3.8) is 0 Å². The predicted molar refractivity (Wildman–Crippen MR) is 434 cm³/mol. The van der Waals surface area contributed by atoms with E-state index in [9.17, 15) is 14.7 Å². The van der Waals surface area contributed by atoms with Gasteiger partial charge in [-0.1, -0.05) is 39.5 Å². The van der Waals surface area contributed by atoms with Gasteiger partial charge in [-0.3, -0.25) is 43.5 Å². The quantitative estimate of drug-likeness (QED) is 0.0326. The van der Waals surface area contributed by atoms with Gasteiger partial charge in [0.25, 0.3) is 11.8 Å². The van der Waals surface area contributed by atoms with Crippen LogP contribution in [0.25, 0.3) is 66.9 Å². The maximum absolute atomic E-state index is 12.9. The van der Waals surface area contributed by atoms with Crippen LogP contribution in [0, 0.1) is 5.92 Å². The van der Waals surface area contributed by atoms with E-state index in [0.29, 0.717) is 71.9 Å². The van der Waals surface area contributed by atoms with Crippen molar-refractivity contribution in [3.05, 3.63) is 213 Å². The number of amides is 2. The number of carbonyl (C=O) groups is 2. The highest BCUT2D eigenvalue weighted by molar-refractivity contribution is 6.21. The number of aliphatic hydroxyl groups excluding tert-OH is 1. The summed E-state index contributed by atoms with van der Waals surface area (Å²) in [5.41, 5.74) is 16.3. The Labute approximate surface area is 645 Å². The average molecular weight is 1500 g/mol. The van der Waals surface area contributed by atoms with Crippen LogP contribution in [0.4, 0.5) is 34.1 Å². The maximum atomic E-state index is 12.9. The lowest BCUT2D eigenvalue weighted by atomic mass is 10.1. The Morgan fingerprint density at radius 1 is 0.514 bits per heavy atom. The highest BCUT2D eigenvalue weighted by Crippen LogP contribution is 2.41. The molecule has 1 fully saturated rings. The van der Waals surface area contributed by atoms with Gasteiger partial charge in [0.2, 0.25) is 0 Å². The van der Waals surface area contributed by atoms with E-state index in [-0.39, 0.29) is 38.4 Å². The first kappa shape index (κ1) is 77.8. The number of carbonyl (C=O) groups excluding carboxylic acids is 2. The standard InChI is InChI=1S/C32H30N6O5.C26H32N6O2.C26H27N5O2.CH4/c1-42-24-14-23(15-25(17-24)43-2)37(10-5-11-38-31(40)26-6-3-4-7-27(26)32(38)41)22-8-9-28-29(16-22)35-30(19-33-28)21-18-34-36(20-21)12-13-39;1-17(2)27-13-18(3)32(21-9-22(33-5)12-23(10-21)34-6)20-7-8-24-25(11-20)30-26(15-28-24)19-14-29-31(4)16-19;1-4-9-30-17-19(14-28-30)26-15-27-24-8-7-20(12-25(24)29-26)31(16-18-5-6-18)21-10-22(32-2)13-23(11-21)33-3;/h3-4,6-9,14-20,39H,5,10-13H2,1-2H3;7-12,14-18,27H,13H2,1-6H3;4,7-8,10-15,17-18H,1,5-6,9,16H2,2-3H3;1H4. The van der Waals surface area contributed by atoms with Crippen LogP contribution in [0.5, 0.6) is 34.5 Å². The molecule has 1 unspecified atom stereocenters. The molecule has 1 saturated carbocycles. The fourth-order valence-electron chi connectivity index (χ4n) is 13.0. The molecule has 0 spiro atoms. The molecule has 2 aliphatic rings. The van der Waals surface area contributed by atoms with Gasteiger partial charge < -0.3 is 53.5 Å². The molecule has 1 atom stereocenters. The number of methoxy groups -OCH3 is 6. The highest BCUT2D eigenvalue weighted by atomic mass is 16.5. The summed E-state index contributed by atoms with van der Waals surface area (Å²) in [5.74, 6) is 4.41. The summed E-state index contributed by atoms with van der Waals surface area (Å²) >= 11 is 0. The van der Waals surface area contributed by atoms with E-state index in [0.717, 1.165) is 126 Å². The van der Waals surface area contributed by atoms with Gasteiger partial charge in [-0.15, -0.1) is 6.58 Å². The number of hydrogen-bond acceptors (Lipinski definition) is 22. The summed E-state index contributed by atoms with van der Waals surface area (Å²) in [5, 5.41) is 25.7. The van der Waals surface area contributed by atoms with E-state index in [2.05, 4.69) is 102 Å². The maximum Gasteiger partial charge on any atom is 0.261 e. The third-order valence-corrected chi connectivity index (χ3v) is 18.9. The number of allylic oxidation sites excluding steroid dienone is 1. The first-order chi connectivity index (χ1) is 53.5. The Kier molecular flexibility index (Phi) is 24.9. The smallest absolute Gasteiger partial charge is 0.261 e. The van der Waals surface area contributed by atoms with E-state index in [1.165, 1.54) is 17.7 Å². The summed E-state index contributed by atoms with van der Waals surface area (Å²) in [7, 11) is 11.8. The lowest BCUT2D eigenvalue weighted by Gasteiger charge is -2.33. The molecule has 7 heterocycles. The molecule has 0 saturated heterocycles. The van der Waals surface area contributed by atoms with Crippen molar-refractivity contribution in [2.75, 3.05) is 90.1 Å². The van der Waals surface area contributed by atoms with Crippen molar-refractivity contribution in [3.8, 4) is 68.3 Å². The number of aliphatic hydroxyl groups is 1. The van der Waals surface area contributed by atoms with Crippen molar-refractivity contribution in [1.29, 1.82) is 0 Å². The Morgan fingerprint density at radius 2 is 0.946 bits per heavy atom. The van der Waals surface area contributed by atoms with Crippen LogP contribution in [-0.4, -0.2) is 169 Å². The molecule has 13 aromatic rings. The zero-order chi connectivity index (χ0) is 77.0. The van der Waals surface area contributed by atoms with Crippen molar-refractivity contribution in [1.82, 2.24) is 69.5 Å². The number of benzene rings is 7. The van der Waals surface area contributed by atoms with Gasteiger partial charge in [0, 0.05) is 169 Å². The number of rotatable bonds is 29. The van der Waals surface area contributed by atoms with Crippen LogP contribution in [-0.2, 0) is 20.1 Å². The van der Waals surface area contributed by atoms with Gasteiger partial charge >= 0.3 is 0 Å². The van der Waals surface area contributed by atoms with Crippen molar-refractivity contribution >= 4 is 79.0 Å². The van der Waals surface area contributed by atoms with Gasteiger partial charge in [0.05, 0.1) is 161 Å². The summed E-state index contributed by atoms with van der Waals surface area (Å²) < 4.78 is 38.4. The van der Waals surface area contributed by atoms with Crippen LogP contribution in [0.15, 0.2) is 202 Å². The van der Waals surface area contributed by atoms with Crippen LogP contribution in [0.2, 0.25) is 0 Å². The predicted octanol–water partition coefficient (Wildman–Crippen LogP) is 14.8. The molecule has 0 radical (unpaired) electrons. The highest BCUT2D eigenvalue weighted by Gasteiger charge is 2.35. The Bertz CT molecular complexity index is 5320. The summed E-state index contributed by atoms with van der Waals surface area (Å²) in [6, 6.07) is 43.2. The van der Waals surface area contributed by atoms with E-state index in [1.807, 2.05) is 121 Å². The van der Waals surface area contributed by atoms with Crippen LogP contribution in [0.1, 0.15) is 68.2 Å². The SMILES string of the molecule is C.C=CCn1cc(-c2cnc3ccc(N(CC4CC4)c4cc(OC)cc(OC)c4)cc3n2)cn1.COc1cc(OC)cc(N(CCCN2C(=O)c3ccccc3C2=O)c2ccc3ncc(-c4cnn(CCO)c4)nc3c2)c1.COc1cc(OC)cc(N(c2ccc3ncc(-c4cnn(C)c4)nc3c2)C(C)CNC(C)C)c1. The van der Waals surface area contributed by atoms with Crippen LogP contribution >= 0.6 is 0 Å². The van der Waals surface area contributed by atoms with Gasteiger partial charge in [0.15, 0.2) is 0 Å². The lowest BCUT2D eigenvalue weighted by molar-refractivity contribution is 0.0653. The molecule has 6 aromatic heterocycles. The van der Waals surface area contributed by atoms with E-state index in [1.54, 1.807) is 113 Å². The number of aryl methyl sites for hydroxylation is 1. The number of aromatic nitrogens is 12. The van der Waals surface area contributed by atoms with Gasteiger partial charge in [-0.05, 0) is 98.8 Å². The van der Waals surface area contributed by atoms with E-state index in [4.69, 9.17) is 43.4 Å². The molecular weight excluding hydrogens is 1400 g/mol. The second-order valence-corrected chi connectivity index (χ2v) is 27.0. The Hall–Kier alpha value is -12.8. The summed E-state index contributed by atoms with van der Waals surface area (Å²) in [6.07, 6.45) is 21.2. The van der Waals surface area contributed by atoms with Gasteiger partial charge in [0.1, 0.15) is 34.5 Å². The number of nitrogens with zero attached hydrogens (tertiary/aromatic N) is 16. The number of imide groups is 1. The zero-order valence-corrected chi connectivity index (χ0v) is 63.4. The minimum atomic E-state index is -0.272. The molecule has 26 heteroatoms. The molecule has 1 aliphatic carbocycles. The monoisotopic (exact) mass is 1500 g/mol. The van der Waals surface area contributed by atoms with Gasteiger partial charge in [-0.2, -0.15) is 15.3 Å². The molecule has 0 bridgehead atoms. The lowest BCUT2D eigenvalue weighted by Crippen LogP contribution is -2.40. The third-order valence-electron chi connectivity index (χ3n) is 18.9. The molecule has 2 amide bonds. The number of anilines is 6. The topological polar surface area (TPSA) is 266 Å². The van der Waals surface area contributed by atoms with E-state index < -0.39 is 0 Å². The third kappa shape index (κ3) is 18.3. The number of nitrogens with one attached hydrogen (secondary N) is 1. The van der Waals surface area contributed by atoms with Crippen LogP contribution < -0.4 is 48.4 Å². The summed E-state index contributed by atoms with van der Waals surface area (Å²) in [4.78, 5) is 62.4. The summed E-state index contributed by atoms with van der Waals surface area (Å²) in [6.45, 7) is 13.8. The average Bonchev–Trinajstić information content (AvgIpc) is 1.77. The number of fused-ring (bicyclic) bond motifs is 4. The fraction of sp³-hybridized carbons (Fsp3) is 0.282. The van der Waals surface area contributed by atoms with Crippen molar-refractivity contribution < 1.29 is 43.1 Å². The fourth-order valence-corrected chi connectivity index (χ4v) is 13.0. The molecule has 7 aromatic carbocycles. The first-order valence-electron chi connectivity index (χ1n) is 36.3. The normalized spacial score (nSPS) is 12.5. The largest absolute Gasteiger partial charge is 0.497 e. The van der Waals surface area contributed by atoms with E-state index >= 15 is 0 Å². The number of hydrogen-bond donors (Lipinski definition) is 2. The Morgan fingerprint density at radius 3 is 1.40 bits per heavy atom. The molecular formula is C85H93N17O9. The van der Waals surface area contributed by atoms with Gasteiger partial charge in [-0.25, -0.2) is 15.0 Å². The second-order valence-electron chi connectivity index (χ2n) is 27.0. The van der Waals surface area contributed by atoms with Crippen LogP contribution in [0.3, 0.4) is 0 Å². The molecule has 26 nitrogen and oxygen atoms in total. The molecule has 2 N–H and O–H groups in total. The van der Waals surface area contributed by atoms with Crippen molar-refractivity contribution in [2.24, 2.45) is 13.0 Å². The molecule has 111 heavy (non-hydrogen) atoms. The second kappa shape index (κ2) is 35.5. The molecule has 15 rings (SSSR count). The minimum Gasteiger partial charge on any atom is -0.497 e. The van der Waals surface area contributed by atoms with Crippen molar-refractivity contribution in [2.45, 2.75) is 72.6 Å².